The average Bonchev–Trinajstić information content (AvgIpc) is 3.79. The summed E-state index contributed by atoms with van der Waals surface area (Å²) in [6, 6.07) is 18.7. The summed E-state index contributed by atoms with van der Waals surface area (Å²) in [5, 5.41) is 9.64. The highest BCUT2D eigenvalue weighted by atomic mass is 16.5. The standard InChI is InChI=1S/C36H40N4O3/c1-5-9-31(37-4)25(3)39-18-16-29-24(2)27(15-14-26(29)21-39)23-43-33-12-7-6-10-30(33)32-11-8-13-34(38-32)40-19-17-36(35(41)42)20-28(36)22-40/h5-15,25,28H,1,4,16-23H2,2-3H3,(H,41,42)/b31-9-/t25?,28-,36+/m0/s1. The van der Waals surface area contributed by atoms with E-state index >= 15 is 0 Å². The molecule has 2 aliphatic heterocycles. The van der Waals surface area contributed by atoms with E-state index in [1.54, 1.807) is 6.08 Å². The monoisotopic (exact) mass is 576 g/mol. The summed E-state index contributed by atoms with van der Waals surface area (Å²) in [6.45, 7) is 15.7. The molecule has 0 spiro atoms. The Morgan fingerprint density at radius 2 is 2.05 bits per heavy atom. The number of piperidine rings is 1. The number of aliphatic carboxylic acids is 1. The summed E-state index contributed by atoms with van der Waals surface area (Å²) < 4.78 is 6.46. The molecule has 1 saturated heterocycles. The molecule has 7 nitrogen and oxygen atoms in total. The van der Waals surface area contributed by atoms with E-state index in [1.165, 1.54) is 22.3 Å². The van der Waals surface area contributed by atoms with Crippen molar-refractivity contribution >= 4 is 18.5 Å². The highest BCUT2D eigenvalue weighted by Crippen LogP contribution is 2.58. The van der Waals surface area contributed by atoms with Gasteiger partial charge >= 0.3 is 5.97 Å². The Morgan fingerprint density at radius 1 is 1.21 bits per heavy atom. The van der Waals surface area contributed by atoms with Gasteiger partial charge in [-0.25, -0.2) is 4.98 Å². The van der Waals surface area contributed by atoms with E-state index in [9.17, 15) is 9.90 Å². The van der Waals surface area contributed by atoms with Gasteiger partial charge in [0.15, 0.2) is 0 Å². The lowest BCUT2D eigenvalue weighted by molar-refractivity contribution is -0.144. The van der Waals surface area contributed by atoms with E-state index in [1.807, 2.05) is 42.5 Å². The van der Waals surface area contributed by atoms with Crippen LogP contribution in [0.15, 0.2) is 84.0 Å². The van der Waals surface area contributed by atoms with Gasteiger partial charge in [-0.15, -0.1) is 0 Å². The van der Waals surface area contributed by atoms with Crippen molar-refractivity contribution in [1.29, 1.82) is 0 Å². The fourth-order valence-corrected chi connectivity index (χ4v) is 6.93. The van der Waals surface area contributed by atoms with Gasteiger partial charge in [0.05, 0.1) is 16.8 Å². The van der Waals surface area contributed by atoms with Crippen LogP contribution in [-0.4, -0.2) is 53.4 Å². The van der Waals surface area contributed by atoms with Gasteiger partial charge in [-0.1, -0.05) is 43.0 Å². The predicted octanol–water partition coefficient (Wildman–Crippen LogP) is 6.45. The minimum Gasteiger partial charge on any atom is -0.488 e. The molecule has 3 aromatic rings. The number of pyridine rings is 1. The highest BCUT2D eigenvalue weighted by molar-refractivity contribution is 5.79. The van der Waals surface area contributed by atoms with Crippen LogP contribution in [0.3, 0.4) is 0 Å². The van der Waals surface area contributed by atoms with Gasteiger partial charge in [0, 0.05) is 37.8 Å². The third-order valence-corrected chi connectivity index (χ3v) is 9.81. The number of carboxylic acid groups (broad SMARTS) is 1. The van der Waals surface area contributed by atoms with Crippen LogP contribution in [0.2, 0.25) is 0 Å². The zero-order valence-corrected chi connectivity index (χ0v) is 25.1. The zero-order valence-electron chi connectivity index (χ0n) is 25.1. The lowest BCUT2D eigenvalue weighted by atomic mass is 9.91. The number of hydrogen-bond donors (Lipinski definition) is 1. The number of carbonyl (C=O) groups is 1. The van der Waals surface area contributed by atoms with Crippen LogP contribution in [0.5, 0.6) is 5.75 Å². The summed E-state index contributed by atoms with van der Waals surface area (Å²) in [6.07, 6.45) is 6.14. The van der Waals surface area contributed by atoms with Crippen LogP contribution < -0.4 is 9.64 Å². The smallest absolute Gasteiger partial charge is 0.310 e. The Hall–Kier alpha value is -4.23. The van der Waals surface area contributed by atoms with Gasteiger partial charge < -0.3 is 14.7 Å². The molecule has 7 heteroatoms. The molecule has 43 heavy (non-hydrogen) atoms. The van der Waals surface area contributed by atoms with Crippen LogP contribution in [0.1, 0.15) is 42.0 Å². The second kappa shape index (κ2) is 11.8. The molecule has 3 aliphatic rings. The molecule has 6 rings (SSSR count). The number of anilines is 1. The third-order valence-electron chi connectivity index (χ3n) is 9.81. The molecule has 3 atom stereocenters. The van der Waals surface area contributed by atoms with E-state index in [0.29, 0.717) is 19.6 Å². The van der Waals surface area contributed by atoms with Crippen LogP contribution in [-0.2, 0) is 24.4 Å². The first kappa shape index (κ1) is 28.9. The van der Waals surface area contributed by atoms with Crippen LogP contribution in [0.25, 0.3) is 11.3 Å². The normalized spacial score (nSPS) is 22.2. The van der Waals surface area contributed by atoms with Crippen molar-refractivity contribution in [2.45, 2.75) is 52.3 Å². The Morgan fingerprint density at radius 3 is 2.81 bits per heavy atom. The van der Waals surface area contributed by atoms with Crippen molar-refractivity contribution in [3.05, 3.63) is 101 Å². The Bertz CT molecular complexity index is 1600. The van der Waals surface area contributed by atoms with E-state index in [-0.39, 0.29) is 12.0 Å². The predicted molar refractivity (Wildman–Crippen MR) is 172 cm³/mol. The van der Waals surface area contributed by atoms with Gasteiger partial charge in [-0.3, -0.25) is 14.7 Å². The van der Waals surface area contributed by atoms with Gasteiger partial charge in [0.25, 0.3) is 0 Å². The minimum atomic E-state index is -0.646. The SMILES string of the molecule is C=C/C=C(\N=C)C(C)N1CCc2c(ccc(COc3ccccc3-c3cccc(N4CC[C@@]5(C(=O)O)C[C@H]5C4)n3)c2C)C1. The first-order valence-electron chi connectivity index (χ1n) is 15.2. The quantitative estimate of drug-likeness (QED) is 0.221. The molecule has 2 aromatic carbocycles. The van der Waals surface area contributed by atoms with Crippen molar-refractivity contribution < 1.29 is 14.6 Å². The van der Waals surface area contributed by atoms with Crippen LogP contribution in [0, 0.1) is 18.3 Å². The second-order valence-corrected chi connectivity index (χ2v) is 12.1. The Balaban J connectivity index is 1.16. The summed E-state index contributed by atoms with van der Waals surface area (Å²) >= 11 is 0. The van der Waals surface area contributed by atoms with Crippen molar-refractivity contribution in [2.75, 3.05) is 24.5 Å². The van der Waals surface area contributed by atoms with Crippen LogP contribution in [0.4, 0.5) is 5.82 Å². The molecule has 2 fully saturated rings. The molecule has 1 N–H and O–H groups in total. The van der Waals surface area contributed by atoms with Crippen molar-refractivity contribution in [3.8, 4) is 17.0 Å². The second-order valence-electron chi connectivity index (χ2n) is 12.1. The topological polar surface area (TPSA) is 78.3 Å². The zero-order chi connectivity index (χ0) is 30.1. The summed E-state index contributed by atoms with van der Waals surface area (Å²) in [5.41, 5.74) is 7.50. The molecule has 0 radical (unpaired) electrons. The molecule has 1 unspecified atom stereocenters. The molecular formula is C36H40N4O3. The number of ether oxygens (including phenoxy) is 1. The molecular weight excluding hydrogens is 536 g/mol. The molecule has 222 valence electrons. The number of fused-ring (bicyclic) bond motifs is 2. The summed E-state index contributed by atoms with van der Waals surface area (Å²) in [5.74, 6) is 1.26. The molecule has 0 bridgehead atoms. The number of carboxylic acids is 1. The largest absolute Gasteiger partial charge is 0.488 e. The van der Waals surface area contributed by atoms with E-state index < -0.39 is 11.4 Å². The van der Waals surface area contributed by atoms with Crippen molar-refractivity contribution in [3.63, 3.8) is 0 Å². The van der Waals surface area contributed by atoms with Gasteiger partial charge in [0.2, 0.25) is 0 Å². The van der Waals surface area contributed by atoms with Gasteiger partial charge in [-0.05, 0) is 98.3 Å². The first-order valence-corrected chi connectivity index (χ1v) is 15.2. The molecule has 3 heterocycles. The Labute approximate surface area is 254 Å². The van der Waals surface area contributed by atoms with E-state index in [2.05, 4.69) is 60.1 Å². The fraction of sp³-hybridized carbons (Fsp3) is 0.361. The number of aliphatic imine (C=N–C) groups is 1. The van der Waals surface area contributed by atoms with Gasteiger partial charge in [-0.2, -0.15) is 0 Å². The average molecular weight is 577 g/mol. The molecule has 1 aliphatic carbocycles. The summed E-state index contributed by atoms with van der Waals surface area (Å²) in [7, 11) is 0. The fourth-order valence-electron chi connectivity index (χ4n) is 6.93. The van der Waals surface area contributed by atoms with E-state index in [0.717, 1.165) is 61.0 Å². The highest BCUT2D eigenvalue weighted by Gasteiger charge is 2.62. The minimum absolute atomic E-state index is 0.178. The Kier molecular flexibility index (Phi) is 7.93. The molecule has 1 saturated carbocycles. The first-order chi connectivity index (χ1) is 20.8. The molecule has 0 amide bonds. The summed E-state index contributed by atoms with van der Waals surface area (Å²) in [4.78, 5) is 25.6. The number of benzene rings is 2. The maximum absolute atomic E-state index is 11.7. The maximum atomic E-state index is 11.7. The number of rotatable bonds is 10. The van der Waals surface area contributed by atoms with Crippen LogP contribution >= 0.6 is 0 Å². The van der Waals surface area contributed by atoms with Gasteiger partial charge in [0.1, 0.15) is 18.2 Å². The number of hydrogen-bond acceptors (Lipinski definition) is 6. The maximum Gasteiger partial charge on any atom is 0.310 e. The lowest BCUT2D eigenvalue weighted by Gasteiger charge is -2.35. The third kappa shape index (κ3) is 5.50. The van der Waals surface area contributed by atoms with Crippen molar-refractivity contribution in [2.24, 2.45) is 16.3 Å². The lowest BCUT2D eigenvalue weighted by Crippen LogP contribution is -2.38. The number of nitrogens with zero attached hydrogens (tertiary/aromatic N) is 4. The number of allylic oxidation sites excluding steroid dienone is 2. The molecule has 1 aromatic heterocycles. The van der Waals surface area contributed by atoms with Crippen molar-refractivity contribution in [1.82, 2.24) is 9.88 Å². The number of para-hydroxylation sites is 1. The number of aromatic nitrogens is 1. The van der Waals surface area contributed by atoms with E-state index in [4.69, 9.17) is 9.72 Å².